The maximum absolute atomic E-state index is 12.5. The first-order valence-corrected chi connectivity index (χ1v) is 9.45. The predicted octanol–water partition coefficient (Wildman–Crippen LogP) is 3.25. The second kappa shape index (κ2) is 7.03. The molecule has 2 saturated carbocycles. The third kappa shape index (κ3) is 3.76. The average Bonchev–Trinajstić information content (AvgIpc) is 3.40. The molecule has 0 aromatic heterocycles. The lowest BCUT2D eigenvalue weighted by atomic mass is 9.68. The van der Waals surface area contributed by atoms with Crippen LogP contribution in [0.5, 0.6) is 0 Å². The molecule has 0 bridgehead atoms. The number of carbonyl (C=O) groups excluding carboxylic acids is 2. The van der Waals surface area contributed by atoms with Crippen LogP contribution in [0, 0.1) is 17.3 Å². The van der Waals surface area contributed by atoms with Crippen molar-refractivity contribution in [3.8, 4) is 0 Å². The second-order valence-corrected chi connectivity index (χ2v) is 8.17. The summed E-state index contributed by atoms with van der Waals surface area (Å²) < 4.78 is 16.7. The molecule has 0 aromatic rings. The van der Waals surface area contributed by atoms with Gasteiger partial charge in [-0.3, -0.25) is 4.79 Å². The fourth-order valence-corrected chi connectivity index (χ4v) is 4.03. The Morgan fingerprint density at radius 1 is 1.00 bits per heavy atom. The molecule has 2 aliphatic carbocycles. The molecule has 1 saturated heterocycles. The van der Waals surface area contributed by atoms with Gasteiger partial charge >= 0.3 is 11.9 Å². The second-order valence-electron chi connectivity index (χ2n) is 8.17. The van der Waals surface area contributed by atoms with Crippen molar-refractivity contribution in [1.82, 2.24) is 0 Å². The molecule has 0 radical (unpaired) electrons. The molecular weight excluding hydrogens is 308 g/mol. The molecular formula is C19H30O5. The molecule has 24 heavy (non-hydrogen) atoms. The first kappa shape index (κ1) is 17.7. The quantitative estimate of drug-likeness (QED) is 0.569. The Labute approximate surface area is 144 Å². The first-order valence-electron chi connectivity index (χ1n) is 9.45. The molecule has 0 N–H and O–H groups in total. The van der Waals surface area contributed by atoms with Crippen LogP contribution in [-0.2, 0) is 23.8 Å². The first-order chi connectivity index (χ1) is 11.4. The summed E-state index contributed by atoms with van der Waals surface area (Å²) in [6, 6.07) is 0. The molecule has 5 unspecified atom stereocenters. The van der Waals surface area contributed by atoms with Gasteiger partial charge < -0.3 is 14.2 Å². The Morgan fingerprint density at radius 3 is 2.04 bits per heavy atom. The Hall–Kier alpha value is -1.10. The van der Waals surface area contributed by atoms with Gasteiger partial charge in [-0.1, -0.05) is 6.92 Å². The number of fused-ring (bicyclic) bond motifs is 1. The van der Waals surface area contributed by atoms with E-state index >= 15 is 0 Å². The third-order valence-electron chi connectivity index (χ3n) is 6.12. The summed E-state index contributed by atoms with van der Waals surface area (Å²) >= 11 is 0. The molecule has 5 heteroatoms. The maximum Gasteiger partial charge on any atom is 0.337 e. The minimum Gasteiger partial charge on any atom is -0.462 e. The van der Waals surface area contributed by atoms with Gasteiger partial charge in [-0.15, -0.1) is 0 Å². The van der Waals surface area contributed by atoms with Crippen LogP contribution in [0.2, 0.25) is 0 Å². The zero-order valence-corrected chi connectivity index (χ0v) is 15.1. The molecule has 5 nitrogen and oxygen atoms in total. The number of epoxide rings is 1. The lowest BCUT2D eigenvalue weighted by Crippen LogP contribution is -2.46. The van der Waals surface area contributed by atoms with Crippen molar-refractivity contribution in [3.05, 3.63) is 0 Å². The van der Waals surface area contributed by atoms with E-state index in [2.05, 4.69) is 0 Å². The fourth-order valence-electron chi connectivity index (χ4n) is 4.03. The highest BCUT2D eigenvalue weighted by molar-refractivity contribution is 5.77. The average molecular weight is 338 g/mol. The van der Waals surface area contributed by atoms with Crippen LogP contribution >= 0.6 is 0 Å². The van der Waals surface area contributed by atoms with Gasteiger partial charge in [0.25, 0.3) is 0 Å². The predicted molar refractivity (Wildman–Crippen MR) is 88.3 cm³/mol. The molecule has 0 aromatic carbocycles. The number of esters is 2. The summed E-state index contributed by atoms with van der Waals surface area (Å²) in [7, 11) is 0. The Kier molecular flexibility index (Phi) is 5.19. The summed E-state index contributed by atoms with van der Waals surface area (Å²) in [5.41, 5.74) is -0.434. The lowest BCUT2D eigenvalue weighted by Gasteiger charge is -2.44. The minimum atomic E-state index is -0.434. The molecule has 1 heterocycles. The monoisotopic (exact) mass is 338 g/mol. The molecule has 3 aliphatic rings. The third-order valence-corrected chi connectivity index (χ3v) is 6.12. The van der Waals surface area contributed by atoms with Crippen LogP contribution in [0.4, 0.5) is 0 Å². The Bertz CT molecular complexity index is 482. The van der Waals surface area contributed by atoms with Crippen molar-refractivity contribution in [3.63, 3.8) is 0 Å². The van der Waals surface area contributed by atoms with Crippen LogP contribution in [0.3, 0.4) is 0 Å². The van der Waals surface area contributed by atoms with Gasteiger partial charge in [0.1, 0.15) is 12.2 Å². The highest BCUT2D eigenvalue weighted by Gasteiger charge is 2.45. The molecule has 136 valence electrons. The highest BCUT2D eigenvalue weighted by atomic mass is 16.6. The SMILES string of the molecule is CCC(C)(C)C(=O)OC1CCCC2C(OC(=O)C3CO3)CCCC12. The van der Waals surface area contributed by atoms with E-state index in [9.17, 15) is 9.59 Å². The van der Waals surface area contributed by atoms with Crippen LogP contribution in [0.15, 0.2) is 0 Å². The van der Waals surface area contributed by atoms with Crippen molar-refractivity contribution in [2.24, 2.45) is 17.3 Å². The van der Waals surface area contributed by atoms with Crippen molar-refractivity contribution in [2.45, 2.75) is 84.0 Å². The topological polar surface area (TPSA) is 65.1 Å². The summed E-state index contributed by atoms with van der Waals surface area (Å²) in [4.78, 5) is 24.4. The van der Waals surface area contributed by atoms with Crippen molar-refractivity contribution >= 4 is 11.9 Å². The standard InChI is InChI=1S/C19H30O5/c1-4-19(2,3)18(21)24-15-10-6-7-12-13(15)8-5-9-14(12)23-17(20)16-11-22-16/h12-16H,4-11H2,1-3H3. The van der Waals surface area contributed by atoms with E-state index in [1.54, 1.807) is 0 Å². The van der Waals surface area contributed by atoms with Crippen molar-refractivity contribution in [2.75, 3.05) is 6.61 Å². The van der Waals surface area contributed by atoms with Gasteiger partial charge in [0, 0.05) is 11.8 Å². The maximum atomic E-state index is 12.5. The van der Waals surface area contributed by atoms with E-state index in [1.165, 1.54) is 0 Å². The summed E-state index contributed by atoms with van der Waals surface area (Å²) in [6.45, 7) is 6.39. The number of rotatable bonds is 5. The van der Waals surface area contributed by atoms with E-state index in [0.717, 1.165) is 44.9 Å². The molecule has 1 aliphatic heterocycles. The van der Waals surface area contributed by atoms with Gasteiger partial charge in [0.05, 0.1) is 12.0 Å². The van der Waals surface area contributed by atoms with Gasteiger partial charge in [-0.05, 0) is 58.8 Å². The zero-order chi connectivity index (χ0) is 17.3. The van der Waals surface area contributed by atoms with Crippen LogP contribution < -0.4 is 0 Å². The molecule has 0 amide bonds. The normalized spacial score (nSPS) is 35.7. The molecule has 5 atom stereocenters. The van der Waals surface area contributed by atoms with Gasteiger partial charge in [0.15, 0.2) is 6.10 Å². The smallest absolute Gasteiger partial charge is 0.337 e. The van der Waals surface area contributed by atoms with E-state index in [4.69, 9.17) is 14.2 Å². The fraction of sp³-hybridized carbons (Fsp3) is 0.895. The number of ether oxygens (including phenoxy) is 3. The van der Waals surface area contributed by atoms with Gasteiger partial charge in [-0.25, -0.2) is 4.79 Å². The Balaban J connectivity index is 1.63. The van der Waals surface area contributed by atoms with E-state index < -0.39 is 5.41 Å². The van der Waals surface area contributed by atoms with E-state index in [1.807, 2.05) is 20.8 Å². The summed E-state index contributed by atoms with van der Waals surface area (Å²) in [5.74, 6) is 0.327. The van der Waals surface area contributed by atoms with Gasteiger partial charge in [-0.2, -0.15) is 0 Å². The van der Waals surface area contributed by atoms with Crippen LogP contribution in [0.1, 0.15) is 65.7 Å². The van der Waals surface area contributed by atoms with Crippen LogP contribution in [-0.4, -0.2) is 36.9 Å². The van der Waals surface area contributed by atoms with Crippen molar-refractivity contribution < 1.29 is 23.8 Å². The Morgan fingerprint density at radius 2 is 1.54 bits per heavy atom. The summed E-state index contributed by atoms with van der Waals surface area (Å²) in [6.07, 6.45) is 6.38. The molecule has 3 rings (SSSR count). The van der Waals surface area contributed by atoms with Crippen molar-refractivity contribution in [1.29, 1.82) is 0 Å². The molecule has 0 spiro atoms. The lowest BCUT2D eigenvalue weighted by molar-refractivity contribution is -0.175. The number of carbonyl (C=O) groups is 2. The largest absolute Gasteiger partial charge is 0.462 e. The summed E-state index contributed by atoms with van der Waals surface area (Å²) in [5, 5.41) is 0. The minimum absolute atomic E-state index is 0.0271. The molecule has 3 fully saturated rings. The number of hydrogen-bond donors (Lipinski definition) is 0. The van der Waals surface area contributed by atoms with Crippen LogP contribution in [0.25, 0.3) is 0 Å². The van der Waals surface area contributed by atoms with Gasteiger partial charge in [0.2, 0.25) is 0 Å². The highest BCUT2D eigenvalue weighted by Crippen LogP contribution is 2.44. The van der Waals surface area contributed by atoms with E-state index in [0.29, 0.717) is 18.4 Å². The zero-order valence-electron chi connectivity index (χ0n) is 15.1. The number of hydrogen-bond acceptors (Lipinski definition) is 5. The van der Waals surface area contributed by atoms with E-state index in [-0.39, 0.29) is 30.3 Å².